The van der Waals surface area contributed by atoms with Gasteiger partial charge in [0, 0.05) is 5.33 Å². The Labute approximate surface area is 100 Å². The molecule has 0 spiro atoms. The van der Waals surface area contributed by atoms with Crippen molar-refractivity contribution in [3.8, 4) is 0 Å². The van der Waals surface area contributed by atoms with Crippen LogP contribution < -0.4 is 0 Å². The first-order valence-corrected chi connectivity index (χ1v) is 6.53. The van der Waals surface area contributed by atoms with Gasteiger partial charge in [-0.2, -0.15) is 0 Å². The summed E-state index contributed by atoms with van der Waals surface area (Å²) in [5.41, 5.74) is -0.0378. The number of hydrogen-bond acceptors (Lipinski definition) is 2. The third-order valence-electron chi connectivity index (χ3n) is 2.56. The van der Waals surface area contributed by atoms with Crippen molar-refractivity contribution in [3.63, 3.8) is 0 Å². The van der Waals surface area contributed by atoms with Gasteiger partial charge in [-0.25, -0.2) is 0 Å². The fraction of sp³-hybridized carbons (Fsp3) is 0.600. The monoisotopic (exact) mass is 322 g/mol. The van der Waals surface area contributed by atoms with Crippen LogP contribution >= 0.6 is 31.9 Å². The molecule has 0 aliphatic carbocycles. The summed E-state index contributed by atoms with van der Waals surface area (Å²) >= 11 is 6.77. The van der Waals surface area contributed by atoms with Gasteiger partial charge in [0.05, 0.1) is 5.60 Å². The minimum Gasteiger partial charge on any atom is -0.452 e. The number of alkyl halides is 1. The van der Waals surface area contributed by atoms with Gasteiger partial charge in [-0.3, -0.25) is 0 Å². The van der Waals surface area contributed by atoms with Crippen molar-refractivity contribution in [1.82, 2.24) is 0 Å². The zero-order chi connectivity index (χ0) is 10.2. The third-order valence-corrected chi connectivity index (χ3v) is 4.17. The average Bonchev–Trinajstić information content (AvgIpc) is 2.73. The van der Waals surface area contributed by atoms with Crippen molar-refractivity contribution in [3.05, 3.63) is 22.6 Å². The van der Waals surface area contributed by atoms with Crippen LogP contribution in [0.5, 0.6) is 0 Å². The van der Waals surface area contributed by atoms with Crippen molar-refractivity contribution in [1.29, 1.82) is 0 Å². The van der Waals surface area contributed by atoms with Crippen LogP contribution in [0.4, 0.5) is 0 Å². The Morgan fingerprint density at radius 2 is 2.36 bits per heavy atom. The molecule has 14 heavy (non-hydrogen) atoms. The standard InChI is InChI=1S/C10H12Br2O2/c1-10(6-11)5-4-8(14-10)7-2-3-9(12)13-7/h2-3,8H,4-6H2,1H3. The lowest BCUT2D eigenvalue weighted by molar-refractivity contribution is -0.0212. The van der Waals surface area contributed by atoms with E-state index in [1.54, 1.807) is 0 Å². The van der Waals surface area contributed by atoms with Gasteiger partial charge in [-0.1, -0.05) is 15.9 Å². The smallest absolute Gasteiger partial charge is 0.169 e. The molecule has 0 saturated carbocycles. The lowest BCUT2D eigenvalue weighted by atomic mass is 10.1. The molecule has 1 fully saturated rings. The normalized spacial score (nSPS) is 32.4. The predicted octanol–water partition coefficient (Wildman–Crippen LogP) is 4.05. The van der Waals surface area contributed by atoms with E-state index in [0.29, 0.717) is 0 Å². The van der Waals surface area contributed by atoms with Crippen molar-refractivity contribution in [2.45, 2.75) is 31.5 Å². The first kappa shape index (κ1) is 10.7. The number of ether oxygens (including phenoxy) is 1. The van der Waals surface area contributed by atoms with Crippen LogP contribution in [-0.4, -0.2) is 10.9 Å². The van der Waals surface area contributed by atoms with Gasteiger partial charge in [0.1, 0.15) is 11.9 Å². The summed E-state index contributed by atoms with van der Waals surface area (Å²) in [5, 5.41) is 0.873. The number of furan rings is 1. The van der Waals surface area contributed by atoms with E-state index >= 15 is 0 Å². The summed E-state index contributed by atoms with van der Waals surface area (Å²) < 4.78 is 12.2. The van der Waals surface area contributed by atoms with Crippen molar-refractivity contribution in [2.24, 2.45) is 0 Å². The molecule has 2 rings (SSSR count). The fourth-order valence-electron chi connectivity index (χ4n) is 1.70. The summed E-state index contributed by atoms with van der Waals surface area (Å²) in [7, 11) is 0. The highest BCUT2D eigenvalue weighted by molar-refractivity contribution is 9.10. The fourth-order valence-corrected chi connectivity index (χ4v) is 2.43. The van der Waals surface area contributed by atoms with Crippen LogP contribution in [0.3, 0.4) is 0 Å². The molecular weight excluding hydrogens is 312 g/mol. The minimum atomic E-state index is -0.0378. The summed E-state index contributed by atoms with van der Waals surface area (Å²) in [5.74, 6) is 0.918. The molecule has 1 aromatic rings. The zero-order valence-electron chi connectivity index (χ0n) is 7.93. The largest absolute Gasteiger partial charge is 0.452 e. The highest BCUT2D eigenvalue weighted by Gasteiger charge is 2.37. The maximum atomic E-state index is 5.94. The van der Waals surface area contributed by atoms with E-state index in [-0.39, 0.29) is 11.7 Å². The van der Waals surface area contributed by atoms with Gasteiger partial charge in [0.2, 0.25) is 0 Å². The van der Waals surface area contributed by atoms with Gasteiger partial charge < -0.3 is 9.15 Å². The van der Waals surface area contributed by atoms with E-state index in [1.807, 2.05) is 12.1 Å². The van der Waals surface area contributed by atoms with Crippen LogP contribution in [0.1, 0.15) is 31.6 Å². The van der Waals surface area contributed by atoms with Crippen LogP contribution in [0.15, 0.2) is 21.2 Å². The van der Waals surface area contributed by atoms with Crippen LogP contribution in [0.25, 0.3) is 0 Å². The molecule has 1 aliphatic heterocycles. The molecule has 0 radical (unpaired) electrons. The van der Waals surface area contributed by atoms with Crippen molar-refractivity contribution in [2.75, 3.05) is 5.33 Å². The molecular formula is C10H12Br2O2. The first-order valence-electron chi connectivity index (χ1n) is 4.62. The van der Waals surface area contributed by atoms with E-state index < -0.39 is 0 Å². The highest BCUT2D eigenvalue weighted by atomic mass is 79.9. The Kier molecular flexibility index (Phi) is 3.05. The van der Waals surface area contributed by atoms with E-state index in [4.69, 9.17) is 9.15 Å². The average molecular weight is 324 g/mol. The summed E-state index contributed by atoms with van der Waals surface area (Å²) in [6.45, 7) is 2.12. The van der Waals surface area contributed by atoms with Crippen molar-refractivity contribution >= 4 is 31.9 Å². The van der Waals surface area contributed by atoms with Crippen LogP contribution in [0, 0.1) is 0 Å². The molecule has 1 aliphatic rings. The molecule has 0 N–H and O–H groups in total. The lowest BCUT2D eigenvalue weighted by Gasteiger charge is -2.21. The number of rotatable bonds is 2. The second kappa shape index (κ2) is 3.99. The van der Waals surface area contributed by atoms with E-state index in [2.05, 4.69) is 38.8 Å². The van der Waals surface area contributed by atoms with Gasteiger partial charge in [0.15, 0.2) is 4.67 Å². The second-order valence-corrected chi connectivity index (χ2v) is 5.21. The first-order chi connectivity index (χ1) is 6.63. The summed E-state index contributed by atoms with van der Waals surface area (Å²) in [6.07, 6.45) is 2.22. The minimum absolute atomic E-state index is 0.0378. The van der Waals surface area contributed by atoms with Gasteiger partial charge in [-0.05, 0) is 47.8 Å². The predicted molar refractivity (Wildman–Crippen MR) is 61.7 cm³/mol. The molecule has 0 aromatic carbocycles. The number of halogens is 2. The van der Waals surface area contributed by atoms with Gasteiger partial charge in [-0.15, -0.1) is 0 Å². The third kappa shape index (κ3) is 2.07. The SMILES string of the molecule is CC1(CBr)CCC(c2ccc(Br)o2)O1. The number of hydrogen-bond donors (Lipinski definition) is 0. The topological polar surface area (TPSA) is 22.4 Å². The molecule has 0 amide bonds. The molecule has 2 heterocycles. The van der Waals surface area contributed by atoms with E-state index in [9.17, 15) is 0 Å². The van der Waals surface area contributed by atoms with E-state index in [0.717, 1.165) is 28.6 Å². The molecule has 0 bridgehead atoms. The summed E-state index contributed by atoms with van der Waals surface area (Å²) in [4.78, 5) is 0. The van der Waals surface area contributed by atoms with Gasteiger partial charge >= 0.3 is 0 Å². The summed E-state index contributed by atoms with van der Waals surface area (Å²) in [6, 6.07) is 3.87. The molecule has 4 heteroatoms. The lowest BCUT2D eigenvalue weighted by Crippen LogP contribution is -2.24. The Bertz CT molecular complexity index is 324. The Hall–Kier alpha value is 0.200. The maximum Gasteiger partial charge on any atom is 0.169 e. The van der Waals surface area contributed by atoms with Crippen molar-refractivity contribution < 1.29 is 9.15 Å². The second-order valence-electron chi connectivity index (χ2n) is 3.87. The Morgan fingerprint density at radius 3 is 2.86 bits per heavy atom. The molecule has 2 atom stereocenters. The molecule has 1 aromatic heterocycles. The molecule has 2 nitrogen and oxygen atoms in total. The molecule has 78 valence electrons. The van der Waals surface area contributed by atoms with Gasteiger partial charge in [0.25, 0.3) is 0 Å². The molecule has 1 saturated heterocycles. The van der Waals surface area contributed by atoms with Crippen LogP contribution in [0.2, 0.25) is 0 Å². The van der Waals surface area contributed by atoms with E-state index in [1.165, 1.54) is 0 Å². The maximum absolute atomic E-state index is 5.94. The van der Waals surface area contributed by atoms with Crippen LogP contribution in [-0.2, 0) is 4.74 Å². The highest BCUT2D eigenvalue weighted by Crippen LogP contribution is 2.40. The Morgan fingerprint density at radius 1 is 1.57 bits per heavy atom. The quantitative estimate of drug-likeness (QED) is 0.766. The zero-order valence-corrected chi connectivity index (χ0v) is 11.1. The molecule has 2 unspecified atom stereocenters. The Balaban J connectivity index is 2.09.